The Kier molecular flexibility index (Phi) is 3.86. The van der Waals surface area contributed by atoms with E-state index >= 15 is 0 Å². The van der Waals surface area contributed by atoms with E-state index in [9.17, 15) is 13.2 Å². The van der Waals surface area contributed by atoms with Gasteiger partial charge < -0.3 is 10.5 Å². The molecule has 1 saturated heterocycles. The predicted octanol–water partition coefficient (Wildman–Crippen LogP) is 1.21. The minimum atomic E-state index is -3.59. The molecule has 3 rings (SSSR count). The Morgan fingerprint density at radius 1 is 1.27 bits per heavy atom. The first-order valence-corrected chi connectivity index (χ1v) is 8.85. The van der Waals surface area contributed by atoms with E-state index in [0.29, 0.717) is 24.9 Å². The van der Waals surface area contributed by atoms with Crippen molar-refractivity contribution in [3.63, 3.8) is 0 Å². The van der Waals surface area contributed by atoms with Gasteiger partial charge in [-0.25, -0.2) is 8.42 Å². The highest BCUT2D eigenvalue weighted by Gasteiger charge is 2.41. The molecule has 120 valence electrons. The van der Waals surface area contributed by atoms with Gasteiger partial charge in [0.25, 0.3) is 5.91 Å². The van der Waals surface area contributed by atoms with Crippen LogP contribution in [0, 0.1) is 11.8 Å². The van der Waals surface area contributed by atoms with E-state index in [0.717, 1.165) is 12.8 Å². The van der Waals surface area contributed by atoms with Crippen LogP contribution < -0.4 is 10.5 Å². The largest absolute Gasteiger partial charge is 0.496 e. The lowest BCUT2D eigenvalue weighted by Gasteiger charge is -2.18. The van der Waals surface area contributed by atoms with Crippen LogP contribution in [0.1, 0.15) is 29.6 Å². The molecular weight excluding hydrogens is 304 g/mol. The molecule has 2 N–H and O–H groups in total. The number of nitrogens with zero attached hydrogens (tertiary/aromatic N) is 1. The highest BCUT2D eigenvalue weighted by atomic mass is 32.2. The second-order valence-corrected chi connectivity index (χ2v) is 7.94. The summed E-state index contributed by atoms with van der Waals surface area (Å²) in [7, 11) is -2.18. The summed E-state index contributed by atoms with van der Waals surface area (Å²) in [5.41, 5.74) is 5.39. The number of hydrogen-bond acceptors (Lipinski definition) is 4. The van der Waals surface area contributed by atoms with Crippen molar-refractivity contribution in [2.24, 2.45) is 17.6 Å². The van der Waals surface area contributed by atoms with E-state index in [1.807, 2.05) is 0 Å². The molecule has 0 radical (unpaired) electrons. The quantitative estimate of drug-likeness (QED) is 0.901. The molecule has 0 spiro atoms. The first-order valence-electron chi connectivity index (χ1n) is 7.41. The van der Waals surface area contributed by atoms with Gasteiger partial charge >= 0.3 is 0 Å². The first kappa shape index (κ1) is 15.3. The van der Waals surface area contributed by atoms with Gasteiger partial charge in [0.2, 0.25) is 10.0 Å². The maximum absolute atomic E-state index is 12.8. The van der Waals surface area contributed by atoms with Gasteiger partial charge in [0, 0.05) is 13.1 Å². The number of fused-ring (bicyclic) bond motifs is 1. The number of carbonyl (C=O) groups excluding carboxylic acids is 1. The molecule has 0 unspecified atom stereocenters. The molecule has 0 bridgehead atoms. The number of nitrogens with two attached hydrogens (primary N) is 1. The molecule has 1 aromatic carbocycles. The Balaban J connectivity index is 1.92. The second-order valence-electron chi connectivity index (χ2n) is 6.00. The lowest BCUT2D eigenvalue weighted by Crippen LogP contribution is -2.30. The molecule has 1 amide bonds. The maximum Gasteiger partial charge on any atom is 0.252 e. The van der Waals surface area contributed by atoms with Crippen molar-refractivity contribution in [3.05, 3.63) is 23.8 Å². The lowest BCUT2D eigenvalue weighted by atomic mass is 10.0. The fraction of sp³-hybridized carbons (Fsp3) is 0.533. The third kappa shape index (κ3) is 2.48. The van der Waals surface area contributed by atoms with Crippen LogP contribution in [0.25, 0.3) is 0 Å². The summed E-state index contributed by atoms with van der Waals surface area (Å²) in [6.07, 6.45) is 3.40. The highest BCUT2D eigenvalue weighted by molar-refractivity contribution is 7.89. The Hall–Kier alpha value is -1.60. The lowest BCUT2D eigenvalue weighted by molar-refractivity contribution is 0.0997. The Labute approximate surface area is 130 Å². The van der Waals surface area contributed by atoms with Crippen molar-refractivity contribution in [2.45, 2.75) is 24.2 Å². The summed E-state index contributed by atoms with van der Waals surface area (Å²) in [4.78, 5) is 11.6. The van der Waals surface area contributed by atoms with Gasteiger partial charge in [0.15, 0.2) is 0 Å². The zero-order valence-corrected chi connectivity index (χ0v) is 13.3. The molecule has 1 aromatic rings. The molecule has 22 heavy (non-hydrogen) atoms. The zero-order valence-electron chi connectivity index (χ0n) is 12.5. The van der Waals surface area contributed by atoms with E-state index in [1.165, 1.54) is 36.0 Å². The SMILES string of the molecule is COc1ccc(S(=O)(=O)N2C[C@H]3CCC[C@H]3C2)cc1C(N)=O. The summed E-state index contributed by atoms with van der Waals surface area (Å²) >= 11 is 0. The van der Waals surface area contributed by atoms with Gasteiger partial charge in [-0.05, 0) is 42.9 Å². The normalized spacial score (nSPS) is 25.1. The van der Waals surface area contributed by atoms with Gasteiger partial charge in [-0.3, -0.25) is 4.79 Å². The second kappa shape index (κ2) is 5.55. The molecule has 1 saturated carbocycles. The van der Waals surface area contributed by atoms with Crippen molar-refractivity contribution >= 4 is 15.9 Å². The van der Waals surface area contributed by atoms with Crippen molar-refractivity contribution in [3.8, 4) is 5.75 Å². The fourth-order valence-corrected chi connectivity index (χ4v) is 5.16. The number of methoxy groups -OCH3 is 1. The van der Waals surface area contributed by atoms with Crippen LogP contribution in [0.2, 0.25) is 0 Å². The highest BCUT2D eigenvalue weighted by Crippen LogP contribution is 2.40. The zero-order chi connectivity index (χ0) is 15.9. The third-order valence-corrected chi connectivity index (χ3v) is 6.59. The summed E-state index contributed by atoms with van der Waals surface area (Å²) in [5, 5.41) is 0. The third-order valence-electron chi connectivity index (χ3n) is 4.77. The van der Waals surface area contributed by atoms with Crippen molar-refractivity contribution in [1.82, 2.24) is 4.31 Å². The van der Waals surface area contributed by atoms with Crippen LogP contribution in [0.15, 0.2) is 23.1 Å². The van der Waals surface area contributed by atoms with E-state index < -0.39 is 15.9 Å². The molecule has 1 heterocycles. The number of amides is 1. The standard InChI is InChI=1S/C15H20N2O4S/c1-21-14-6-5-12(7-13(14)15(16)18)22(19,20)17-8-10-3-2-4-11(10)9-17/h5-7,10-11H,2-4,8-9H2,1H3,(H2,16,18)/t10-,11+. The van der Waals surface area contributed by atoms with Crippen LogP contribution in [0.4, 0.5) is 0 Å². The molecule has 1 aliphatic carbocycles. The molecule has 1 aliphatic heterocycles. The molecule has 2 fully saturated rings. The Morgan fingerprint density at radius 2 is 1.91 bits per heavy atom. The van der Waals surface area contributed by atoms with Crippen LogP contribution in [-0.2, 0) is 10.0 Å². The number of sulfonamides is 1. The summed E-state index contributed by atoms with van der Waals surface area (Å²) in [6, 6.07) is 4.25. The van der Waals surface area contributed by atoms with Crippen LogP contribution >= 0.6 is 0 Å². The number of hydrogen-bond donors (Lipinski definition) is 1. The monoisotopic (exact) mass is 324 g/mol. The van der Waals surface area contributed by atoms with Crippen LogP contribution in [0.3, 0.4) is 0 Å². The number of ether oxygens (including phenoxy) is 1. The number of rotatable bonds is 4. The Morgan fingerprint density at radius 3 is 2.45 bits per heavy atom. The topological polar surface area (TPSA) is 89.7 Å². The summed E-state index contributed by atoms with van der Waals surface area (Å²) in [5.74, 6) is 0.532. The first-order chi connectivity index (χ1) is 10.4. The van der Waals surface area contributed by atoms with E-state index in [-0.39, 0.29) is 16.2 Å². The minimum Gasteiger partial charge on any atom is -0.496 e. The molecule has 0 aromatic heterocycles. The van der Waals surface area contributed by atoms with Crippen molar-refractivity contribution in [1.29, 1.82) is 0 Å². The van der Waals surface area contributed by atoms with E-state index in [2.05, 4.69) is 0 Å². The van der Waals surface area contributed by atoms with Gasteiger partial charge in [-0.1, -0.05) is 6.42 Å². The van der Waals surface area contributed by atoms with Gasteiger partial charge in [-0.15, -0.1) is 0 Å². The molecular formula is C15H20N2O4S. The van der Waals surface area contributed by atoms with E-state index in [4.69, 9.17) is 10.5 Å². The summed E-state index contributed by atoms with van der Waals surface area (Å²) < 4.78 is 32.1. The molecule has 2 aliphatic rings. The number of primary amides is 1. The van der Waals surface area contributed by atoms with Gasteiger partial charge in [-0.2, -0.15) is 4.31 Å². The average Bonchev–Trinajstić information content (AvgIpc) is 3.07. The minimum absolute atomic E-state index is 0.0861. The fourth-order valence-electron chi connectivity index (χ4n) is 3.58. The average molecular weight is 324 g/mol. The van der Waals surface area contributed by atoms with Gasteiger partial charge in [0.1, 0.15) is 5.75 Å². The molecule has 2 atom stereocenters. The predicted molar refractivity (Wildman–Crippen MR) is 81.1 cm³/mol. The van der Waals surface area contributed by atoms with Crippen LogP contribution in [0.5, 0.6) is 5.75 Å². The number of benzene rings is 1. The van der Waals surface area contributed by atoms with Crippen LogP contribution in [-0.4, -0.2) is 38.8 Å². The van der Waals surface area contributed by atoms with Crippen molar-refractivity contribution < 1.29 is 17.9 Å². The van der Waals surface area contributed by atoms with Gasteiger partial charge in [0.05, 0.1) is 17.6 Å². The molecule has 7 heteroatoms. The smallest absolute Gasteiger partial charge is 0.252 e. The Bertz CT molecular complexity index is 689. The van der Waals surface area contributed by atoms with Crippen molar-refractivity contribution in [2.75, 3.05) is 20.2 Å². The molecule has 6 nitrogen and oxygen atoms in total. The summed E-state index contributed by atoms with van der Waals surface area (Å²) in [6.45, 7) is 1.15. The maximum atomic E-state index is 12.8. The number of carbonyl (C=O) groups is 1. The van der Waals surface area contributed by atoms with E-state index in [1.54, 1.807) is 0 Å².